The largest absolute Gasteiger partial charge is 0.0673 e. The third-order valence-corrected chi connectivity index (χ3v) is 3.84. The fourth-order valence-electron chi connectivity index (χ4n) is 2.72. The molecule has 0 nitrogen and oxygen atoms in total. The normalized spacial score (nSPS) is 18.7. The minimum atomic E-state index is 0.724. The van der Waals surface area contributed by atoms with Gasteiger partial charge in [-0.15, -0.1) is 0 Å². The first-order valence-corrected chi connectivity index (χ1v) is 6.95. The van der Waals surface area contributed by atoms with Crippen LogP contribution < -0.4 is 0 Å². The van der Waals surface area contributed by atoms with Crippen LogP contribution in [0.5, 0.6) is 0 Å². The van der Waals surface area contributed by atoms with Gasteiger partial charge in [0.2, 0.25) is 0 Å². The zero-order chi connectivity index (χ0) is 12.1. The molecular weight excluding hydrogens is 192 g/mol. The van der Waals surface area contributed by atoms with Gasteiger partial charge < -0.3 is 0 Å². The van der Waals surface area contributed by atoms with Crippen molar-refractivity contribution in [3.05, 3.63) is 23.3 Å². The van der Waals surface area contributed by atoms with Crippen molar-refractivity contribution >= 4 is 0 Å². The van der Waals surface area contributed by atoms with Gasteiger partial charge in [-0.2, -0.15) is 0 Å². The first-order chi connectivity index (χ1) is 7.56. The lowest BCUT2D eigenvalue weighted by atomic mass is 9.79. The molecule has 0 bridgehead atoms. The molecule has 0 radical (unpaired) electrons. The van der Waals surface area contributed by atoms with E-state index < -0.39 is 0 Å². The van der Waals surface area contributed by atoms with Crippen molar-refractivity contribution in [3.63, 3.8) is 0 Å². The molecule has 0 heteroatoms. The van der Waals surface area contributed by atoms with Crippen LogP contribution in [0.3, 0.4) is 0 Å². The predicted molar refractivity (Wildman–Crippen MR) is 73.5 cm³/mol. The van der Waals surface area contributed by atoms with Gasteiger partial charge in [-0.05, 0) is 37.0 Å². The Morgan fingerprint density at radius 1 is 1.00 bits per heavy atom. The molecule has 1 aliphatic rings. The Morgan fingerprint density at radius 3 is 1.94 bits per heavy atom. The number of hydrogen-bond donors (Lipinski definition) is 0. The van der Waals surface area contributed by atoms with E-state index in [-0.39, 0.29) is 0 Å². The summed E-state index contributed by atoms with van der Waals surface area (Å²) in [6.07, 6.45) is 10.0. The van der Waals surface area contributed by atoms with E-state index in [2.05, 4.69) is 46.8 Å². The molecule has 92 valence electrons. The van der Waals surface area contributed by atoms with Gasteiger partial charge in [-0.25, -0.2) is 0 Å². The molecule has 0 amide bonds. The summed E-state index contributed by atoms with van der Waals surface area (Å²) >= 11 is 0. The molecule has 1 atom stereocenters. The molecule has 0 saturated heterocycles. The van der Waals surface area contributed by atoms with Gasteiger partial charge in [0, 0.05) is 0 Å². The number of hydrogen-bond acceptors (Lipinski definition) is 0. The zero-order valence-electron chi connectivity index (χ0n) is 11.7. The molecular formula is C16H28. The van der Waals surface area contributed by atoms with Crippen LogP contribution in [-0.4, -0.2) is 0 Å². The maximum atomic E-state index is 2.42. The summed E-state index contributed by atoms with van der Waals surface area (Å²) in [5.74, 6) is 2.33. The van der Waals surface area contributed by atoms with Gasteiger partial charge in [-0.1, -0.05) is 64.3 Å². The van der Waals surface area contributed by atoms with Crippen LogP contribution in [-0.2, 0) is 0 Å². The second-order valence-corrected chi connectivity index (χ2v) is 5.78. The average Bonchev–Trinajstić information content (AvgIpc) is 2.25. The minimum absolute atomic E-state index is 0.724. The maximum Gasteiger partial charge on any atom is -0.0177 e. The third kappa shape index (κ3) is 3.50. The molecule has 0 saturated carbocycles. The molecule has 0 N–H and O–H groups in total. The van der Waals surface area contributed by atoms with E-state index in [1.807, 2.05) is 0 Å². The monoisotopic (exact) mass is 220 g/mol. The van der Waals surface area contributed by atoms with Crippen LogP contribution in [0.1, 0.15) is 60.3 Å². The van der Waals surface area contributed by atoms with E-state index in [1.54, 1.807) is 11.1 Å². The SMILES string of the molecule is CCCC(C1=CC=C(C(C)C)CC1)C(C)C. The third-order valence-electron chi connectivity index (χ3n) is 3.84. The van der Waals surface area contributed by atoms with Crippen LogP contribution >= 0.6 is 0 Å². The summed E-state index contributed by atoms with van der Waals surface area (Å²) in [5.41, 5.74) is 3.32. The van der Waals surface area contributed by atoms with E-state index in [9.17, 15) is 0 Å². The molecule has 0 fully saturated rings. The predicted octanol–water partition coefficient (Wildman–Crippen LogP) is 5.36. The molecule has 1 aliphatic carbocycles. The second-order valence-electron chi connectivity index (χ2n) is 5.78. The van der Waals surface area contributed by atoms with Gasteiger partial charge >= 0.3 is 0 Å². The maximum absolute atomic E-state index is 2.42. The highest BCUT2D eigenvalue weighted by molar-refractivity contribution is 5.26. The molecule has 0 aromatic heterocycles. The van der Waals surface area contributed by atoms with E-state index in [1.165, 1.54) is 25.7 Å². The second kappa shape index (κ2) is 6.27. The van der Waals surface area contributed by atoms with Crippen LogP contribution in [0.2, 0.25) is 0 Å². The first kappa shape index (κ1) is 13.5. The number of rotatable bonds is 5. The molecule has 1 rings (SSSR count). The minimum Gasteiger partial charge on any atom is -0.0673 e. The molecule has 1 unspecified atom stereocenters. The molecule has 16 heavy (non-hydrogen) atoms. The van der Waals surface area contributed by atoms with E-state index >= 15 is 0 Å². The van der Waals surface area contributed by atoms with Gasteiger partial charge in [-0.3, -0.25) is 0 Å². The Morgan fingerprint density at radius 2 is 1.56 bits per heavy atom. The van der Waals surface area contributed by atoms with E-state index in [4.69, 9.17) is 0 Å². The lowest BCUT2D eigenvalue weighted by Gasteiger charge is -2.27. The zero-order valence-corrected chi connectivity index (χ0v) is 11.7. The topological polar surface area (TPSA) is 0 Å². The van der Waals surface area contributed by atoms with Crippen LogP contribution in [0.25, 0.3) is 0 Å². The quantitative estimate of drug-likeness (QED) is 0.585. The Bertz CT molecular complexity index is 266. The van der Waals surface area contributed by atoms with Crippen molar-refractivity contribution in [3.8, 4) is 0 Å². The fraction of sp³-hybridized carbons (Fsp3) is 0.750. The Balaban J connectivity index is 2.73. The summed E-state index contributed by atoms with van der Waals surface area (Å²) in [6.45, 7) is 11.6. The molecule has 0 aliphatic heterocycles. The highest BCUT2D eigenvalue weighted by Crippen LogP contribution is 2.33. The molecule has 0 aromatic rings. The average molecular weight is 220 g/mol. The Kier molecular flexibility index (Phi) is 5.31. The van der Waals surface area contributed by atoms with Crippen molar-refractivity contribution in [2.75, 3.05) is 0 Å². The Labute approximate surface area is 102 Å². The highest BCUT2D eigenvalue weighted by atomic mass is 14.2. The van der Waals surface area contributed by atoms with Crippen molar-refractivity contribution < 1.29 is 0 Å². The summed E-state index contributed by atoms with van der Waals surface area (Å²) in [5, 5.41) is 0. The van der Waals surface area contributed by atoms with E-state index in [0.29, 0.717) is 0 Å². The summed E-state index contributed by atoms with van der Waals surface area (Å²) in [6, 6.07) is 0. The fourth-order valence-corrected chi connectivity index (χ4v) is 2.72. The van der Waals surface area contributed by atoms with Crippen molar-refractivity contribution in [1.82, 2.24) is 0 Å². The van der Waals surface area contributed by atoms with E-state index in [0.717, 1.165) is 17.8 Å². The molecule has 0 aromatic carbocycles. The van der Waals surface area contributed by atoms with Crippen molar-refractivity contribution in [2.45, 2.75) is 60.3 Å². The highest BCUT2D eigenvalue weighted by Gasteiger charge is 2.19. The van der Waals surface area contributed by atoms with Crippen molar-refractivity contribution in [1.29, 1.82) is 0 Å². The van der Waals surface area contributed by atoms with Crippen LogP contribution in [0.15, 0.2) is 23.3 Å². The van der Waals surface area contributed by atoms with Crippen LogP contribution in [0.4, 0.5) is 0 Å². The van der Waals surface area contributed by atoms with Crippen molar-refractivity contribution in [2.24, 2.45) is 17.8 Å². The Hall–Kier alpha value is -0.520. The van der Waals surface area contributed by atoms with Gasteiger partial charge in [0.25, 0.3) is 0 Å². The summed E-state index contributed by atoms with van der Waals surface area (Å²) in [7, 11) is 0. The van der Waals surface area contributed by atoms with Crippen LogP contribution in [0, 0.1) is 17.8 Å². The van der Waals surface area contributed by atoms with Gasteiger partial charge in [0.15, 0.2) is 0 Å². The standard InChI is InChI=1S/C16H28/c1-6-7-16(13(4)5)15-10-8-14(9-11-15)12(2)3/h8,10,12-13,16H,6-7,9,11H2,1-5H3. The smallest absolute Gasteiger partial charge is 0.0177 e. The summed E-state index contributed by atoms with van der Waals surface area (Å²) < 4.78 is 0. The lowest BCUT2D eigenvalue weighted by Crippen LogP contribution is -2.14. The molecule has 0 heterocycles. The van der Waals surface area contributed by atoms with Gasteiger partial charge in [0.1, 0.15) is 0 Å². The summed E-state index contributed by atoms with van der Waals surface area (Å²) in [4.78, 5) is 0. The van der Waals surface area contributed by atoms with Gasteiger partial charge in [0.05, 0.1) is 0 Å². The molecule has 0 spiro atoms. The first-order valence-electron chi connectivity index (χ1n) is 6.95. The lowest BCUT2D eigenvalue weighted by molar-refractivity contribution is 0.398. The number of allylic oxidation sites excluding steroid dienone is 4.